The van der Waals surface area contributed by atoms with E-state index in [-0.39, 0.29) is 26.3 Å². The molecule has 0 aromatic heterocycles. The number of nitrogens with two attached hydrogens (primary N) is 1. The van der Waals surface area contributed by atoms with Gasteiger partial charge < -0.3 is 11.1 Å². The van der Waals surface area contributed by atoms with Crippen LogP contribution in [0.5, 0.6) is 0 Å². The Bertz CT molecular complexity index is 717. The summed E-state index contributed by atoms with van der Waals surface area (Å²) in [6.07, 6.45) is 0. The minimum absolute atomic E-state index is 0.0858. The van der Waals surface area contributed by atoms with Crippen molar-refractivity contribution in [3.8, 4) is 0 Å². The van der Waals surface area contributed by atoms with Gasteiger partial charge in [0.05, 0.1) is 16.8 Å². The molecule has 0 radical (unpaired) electrons. The minimum atomic E-state index is -0.733. The van der Waals surface area contributed by atoms with Crippen molar-refractivity contribution in [3.05, 3.63) is 63.6 Å². The molecule has 0 heterocycles. The lowest BCUT2D eigenvalue weighted by Gasteiger charge is -2.12. The maximum Gasteiger partial charge on any atom is 0.259 e. The summed E-state index contributed by atoms with van der Waals surface area (Å²) in [5.74, 6) is -2.09. The van der Waals surface area contributed by atoms with Crippen LogP contribution in [0.3, 0.4) is 0 Å². The Hall–Kier alpha value is -1.86. The molecule has 2 aromatic carbocycles. The van der Waals surface area contributed by atoms with E-state index in [0.29, 0.717) is 0 Å². The van der Waals surface area contributed by atoms with Crippen molar-refractivity contribution < 1.29 is 13.6 Å². The standard InChI is InChI=1S/C14H9BrF2N2OS/c15-7-3-1-4-8(16)11(7)14(20)19-10-6-2-5-9(17)12(10)13(18)21/h1-6H,(H2,18,21)(H,19,20). The molecule has 0 saturated carbocycles. The lowest BCUT2D eigenvalue weighted by atomic mass is 10.1. The van der Waals surface area contributed by atoms with Gasteiger partial charge in [0, 0.05) is 4.47 Å². The fourth-order valence-corrected chi connectivity index (χ4v) is 2.51. The summed E-state index contributed by atoms with van der Waals surface area (Å²) < 4.78 is 27.7. The molecule has 7 heteroatoms. The molecule has 0 saturated heterocycles. The van der Waals surface area contributed by atoms with Gasteiger partial charge in [0.15, 0.2) is 0 Å². The Morgan fingerprint density at radius 2 is 1.67 bits per heavy atom. The van der Waals surface area contributed by atoms with Crippen LogP contribution in [0.15, 0.2) is 40.9 Å². The second-order valence-electron chi connectivity index (χ2n) is 4.08. The van der Waals surface area contributed by atoms with Gasteiger partial charge in [0.25, 0.3) is 5.91 Å². The number of carbonyl (C=O) groups is 1. The topological polar surface area (TPSA) is 55.1 Å². The summed E-state index contributed by atoms with van der Waals surface area (Å²) in [6.45, 7) is 0. The number of thiocarbonyl (C=S) groups is 1. The number of nitrogens with one attached hydrogen (secondary N) is 1. The van der Waals surface area contributed by atoms with Crippen LogP contribution < -0.4 is 11.1 Å². The number of hydrogen-bond donors (Lipinski definition) is 2. The van der Waals surface area contributed by atoms with E-state index >= 15 is 0 Å². The van der Waals surface area contributed by atoms with Crippen LogP contribution in [0.25, 0.3) is 0 Å². The van der Waals surface area contributed by atoms with Crippen LogP contribution in [0, 0.1) is 11.6 Å². The van der Waals surface area contributed by atoms with E-state index in [9.17, 15) is 13.6 Å². The number of hydrogen-bond acceptors (Lipinski definition) is 2. The third-order valence-electron chi connectivity index (χ3n) is 2.70. The molecule has 3 nitrogen and oxygen atoms in total. The molecule has 0 unspecified atom stereocenters. The summed E-state index contributed by atoms with van der Waals surface area (Å²) in [4.78, 5) is 12.0. The van der Waals surface area contributed by atoms with Crippen LogP contribution in [-0.4, -0.2) is 10.9 Å². The third-order valence-corrected chi connectivity index (χ3v) is 3.56. The van der Waals surface area contributed by atoms with Gasteiger partial charge in [0.2, 0.25) is 0 Å². The number of halogens is 3. The Labute approximate surface area is 133 Å². The fraction of sp³-hybridized carbons (Fsp3) is 0. The first-order valence-corrected chi connectivity index (χ1v) is 6.95. The molecule has 0 atom stereocenters. The van der Waals surface area contributed by atoms with E-state index in [1.54, 1.807) is 0 Å². The molecule has 108 valence electrons. The van der Waals surface area contributed by atoms with Crippen molar-refractivity contribution >= 4 is 44.7 Å². The van der Waals surface area contributed by atoms with Gasteiger partial charge in [-0.3, -0.25) is 4.79 Å². The van der Waals surface area contributed by atoms with E-state index in [4.69, 9.17) is 18.0 Å². The molecule has 0 bridgehead atoms. The molecular weight excluding hydrogens is 362 g/mol. The predicted molar refractivity (Wildman–Crippen MR) is 84.3 cm³/mol. The van der Waals surface area contributed by atoms with Crippen LogP contribution >= 0.6 is 28.1 Å². The molecule has 1 amide bonds. The van der Waals surface area contributed by atoms with Gasteiger partial charge in [-0.2, -0.15) is 0 Å². The summed E-state index contributed by atoms with van der Waals surface area (Å²) in [5, 5.41) is 2.41. The van der Waals surface area contributed by atoms with Crippen molar-refractivity contribution in [3.63, 3.8) is 0 Å². The first kappa shape index (κ1) is 15.5. The maximum atomic E-state index is 13.7. The second-order valence-corrected chi connectivity index (χ2v) is 5.37. The molecule has 2 aromatic rings. The Kier molecular flexibility index (Phi) is 4.64. The van der Waals surface area contributed by atoms with E-state index in [0.717, 1.165) is 6.07 Å². The summed E-state index contributed by atoms with van der Waals surface area (Å²) in [6, 6.07) is 8.13. The Morgan fingerprint density at radius 1 is 1.10 bits per heavy atom. The van der Waals surface area contributed by atoms with E-state index in [2.05, 4.69) is 21.2 Å². The number of rotatable bonds is 3. The zero-order valence-corrected chi connectivity index (χ0v) is 12.9. The van der Waals surface area contributed by atoms with Crippen molar-refractivity contribution in [2.45, 2.75) is 0 Å². The van der Waals surface area contributed by atoms with Crippen molar-refractivity contribution in [1.82, 2.24) is 0 Å². The average molecular weight is 371 g/mol. The highest BCUT2D eigenvalue weighted by Gasteiger charge is 2.18. The number of carbonyl (C=O) groups excluding carboxylic acids is 1. The van der Waals surface area contributed by atoms with Crippen molar-refractivity contribution in [2.75, 3.05) is 5.32 Å². The normalized spacial score (nSPS) is 10.2. The van der Waals surface area contributed by atoms with Crippen LogP contribution in [0.2, 0.25) is 0 Å². The molecule has 21 heavy (non-hydrogen) atoms. The van der Waals surface area contributed by atoms with Crippen LogP contribution in [-0.2, 0) is 0 Å². The van der Waals surface area contributed by atoms with Gasteiger partial charge >= 0.3 is 0 Å². The van der Waals surface area contributed by atoms with Gasteiger partial charge in [-0.15, -0.1) is 0 Å². The Balaban J connectivity index is 2.42. The Morgan fingerprint density at radius 3 is 2.24 bits per heavy atom. The quantitative estimate of drug-likeness (QED) is 0.811. The highest BCUT2D eigenvalue weighted by molar-refractivity contribution is 9.10. The molecule has 0 aliphatic heterocycles. The molecule has 0 aliphatic rings. The SMILES string of the molecule is NC(=S)c1c(F)cccc1NC(=O)c1c(F)cccc1Br. The van der Waals surface area contributed by atoms with Gasteiger partial charge in [0.1, 0.15) is 16.6 Å². The second kappa shape index (κ2) is 6.28. The van der Waals surface area contributed by atoms with Gasteiger partial charge in [-0.1, -0.05) is 24.4 Å². The minimum Gasteiger partial charge on any atom is -0.389 e. The summed E-state index contributed by atoms with van der Waals surface area (Å²) in [7, 11) is 0. The molecule has 0 fully saturated rings. The summed E-state index contributed by atoms with van der Waals surface area (Å²) >= 11 is 7.86. The third kappa shape index (κ3) is 3.25. The molecule has 0 spiro atoms. The highest BCUT2D eigenvalue weighted by Crippen LogP contribution is 2.23. The first-order valence-electron chi connectivity index (χ1n) is 5.75. The lowest BCUT2D eigenvalue weighted by Crippen LogP contribution is -2.20. The molecule has 2 rings (SSSR count). The lowest BCUT2D eigenvalue weighted by molar-refractivity contribution is 0.102. The number of amides is 1. The predicted octanol–water partition coefficient (Wildman–Crippen LogP) is 3.61. The van der Waals surface area contributed by atoms with Crippen LogP contribution in [0.1, 0.15) is 15.9 Å². The van der Waals surface area contributed by atoms with Gasteiger partial charge in [-0.25, -0.2) is 8.78 Å². The number of anilines is 1. The average Bonchev–Trinajstić information content (AvgIpc) is 2.37. The molecule has 0 aliphatic carbocycles. The van der Waals surface area contributed by atoms with Crippen molar-refractivity contribution in [1.29, 1.82) is 0 Å². The maximum absolute atomic E-state index is 13.7. The van der Waals surface area contributed by atoms with E-state index < -0.39 is 17.5 Å². The zero-order valence-electron chi connectivity index (χ0n) is 10.5. The van der Waals surface area contributed by atoms with Gasteiger partial charge in [-0.05, 0) is 40.2 Å². The molecular formula is C14H9BrF2N2OS. The van der Waals surface area contributed by atoms with Crippen molar-refractivity contribution in [2.24, 2.45) is 5.73 Å². The highest BCUT2D eigenvalue weighted by atomic mass is 79.9. The monoisotopic (exact) mass is 370 g/mol. The molecule has 3 N–H and O–H groups in total. The largest absolute Gasteiger partial charge is 0.389 e. The van der Waals surface area contributed by atoms with E-state index in [1.165, 1.54) is 30.3 Å². The fourth-order valence-electron chi connectivity index (χ4n) is 1.78. The van der Waals surface area contributed by atoms with E-state index in [1.807, 2.05) is 0 Å². The number of benzene rings is 2. The van der Waals surface area contributed by atoms with Crippen LogP contribution in [0.4, 0.5) is 14.5 Å². The summed E-state index contributed by atoms with van der Waals surface area (Å²) in [5.41, 5.74) is 5.26. The first-order chi connectivity index (χ1) is 9.91. The smallest absolute Gasteiger partial charge is 0.259 e. The zero-order chi connectivity index (χ0) is 15.6.